The molecule has 0 aliphatic carbocycles. The van der Waals surface area contributed by atoms with Gasteiger partial charge in [0.15, 0.2) is 0 Å². The van der Waals surface area contributed by atoms with Gasteiger partial charge in [-0.25, -0.2) is 0 Å². The number of hydrogen-bond acceptors (Lipinski definition) is 5. The monoisotopic (exact) mass is 480 g/mol. The Balaban J connectivity index is 0.00000512. The summed E-state index contributed by atoms with van der Waals surface area (Å²) in [7, 11) is 0. The maximum Gasteiger partial charge on any atom is 0.242 e. The van der Waals surface area contributed by atoms with Gasteiger partial charge in [-0.1, -0.05) is 42.5 Å². The summed E-state index contributed by atoms with van der Waals surface area (Å²) in [6.07, 6.45) is 1.87. The highest BCUT2D eigenvalue weighted by Crippen LogP contribution is 2.11. The number of halogens is 1. The van der Waals surface area contributed by atoms with Crippen molar-refractivity contribution in [1.29, 1.82) is 0 Å². The van der Waals surface area contributed by atoms with Gasteiger partial charge in [-0.2, -0.15) is 0 Å². The van der Waals surface area contributed by atoms with Crippen LogP contribution in [0.25, 0.3) is 0 Å². The molecule has 0 saturated heterocycles. The first kappa shape index (κ1) is 29.9. The van der Waals surface area contributed by atoms with Gasteiger partial charge in [0, 0.05) is 13.0 Å². The number of aromatic hydroxyl groups is 1. The van der Waals surface area contributed by atoms with Crippen LogP contribution >= 0.6 is 12.4 Å². The Hall–Kier alpha value is -3.14. The Morgan fingerprint density at radius 1 is 0.939 bits per heavy atom. The average Bonchev–Trinajstić information content (AvgIpc) is 2.76. The van der Waals surface area contributed by atoms with Crippen molar-refractivity contribution in [3.05, 3.63) is 65.7 Å². The van der Waals surface area contributed by atoms with Crippen molar-refractivity contribution in [2.45, 2.75) is 44.2 Å². The van der Waals surface area contributed by atoms with Gasteiger partial charge in [0.25, 0.3) is 0 Å². The molecule has 9 N–H and O–H groups in total. The zero-order valence-corrected chi connectivity index (χ0v) is 19.1. The minimum absolute atomic E-state index is 0. The normalized spacial score (nSPS) is 11.8. The number of benzene rings is 2. The van der Waals surface area contributed by atoms with Crippen LogP contribution in [0, 0.1) is 0 Å². The zero-order valence-electron chi connectivity index (χ0n) is 18.3. The molecule has 0 fully saturated rings. The lowest BCUT2D eigenvalue weighted by molar-refractivity contribution is -0.130. The smallest absolute Gasteiger partial charge is 0.242 e. The van der Waals surface area contributed by atoms with E-state index >= 15 is 0 Å². The topological polar surface area (TPSA) is 179 Å². The molecule has 3 amide bonds. The standard InChI is InChI=1S/C23H30N4O4.ClH.H2O/c24-19(15-17-8-10-18(28)11-9-17)22(30)27-20(12-13-21(25)29)23(31)26-14-4-7-16-5-2-1-3-6-16;;/h1-3,5-6,8-11,19-20,28H,4,7,12-15,24H2,(H2,25,29)(H,26,31)(H,27,30);1H;1H2/t19-,20+;;/m0../s1. The van der Waals surface area contributed by atoms with Crippen molar-refractivity contribution in [3.8, 4) is 5.75 Å². The molecule has 33 heavy (non-hydrogen) atoms. The van der Waals surface area contributed by atoms with Crippen LogP contribution in [0.4, 0.5) is 0 Å². The van der Waals surface area contributed by atoms with Crippen molar-refractivity contribution >= 4 is 30.1 Å². The maximum atomic E-state index is 12.6. The molecule has 2 atom stereocenters. The van der Waals surface area contributed by atoms with E-state index in [1.165, 1.54) is 17.7 Å². The number of phenols is 1. The number of rotatable bonds is 12. The van der Waals surface area contributed by atoms with E-state index in [0.29, 0.717) is 6.54 Å². The summed E-state index contributed by atoms with van der Waals surface area (Å²) in [6, 6.07) is 14.5. The van der Waals surface area contributed by atoms with Crippen LogP contribution in [0.3, 0.4) is 0 Å². The highest BCUT2D eigenvalue weighted by atomic mass is 35.5. The summed E-state index contributed by atoms with van der Waals surface area (Å²) >= 11 is 0. The first-order valence-corrected chi connectivity index (χ1v) is 10.3. The molecule has 2 aromatic rings. The SMILES string of the molecule is Cl.NC(=O)CC[C@@H](NC(=O)[C@@H](N)Cc1ccc(O)cc1)C(=O)NCCCc1ccccc1.O. The van der Waals surface area contributed by atoms with E-state index in [4.69, 9.17) is 11.5 Å². The number of amides is 3. The lowest BCUT2D eigenvalue weighted by atomic mass is 10.0. The summed E-state index contributed by atoms with van der Waals surface area (Å²) < 4.78 is 0. The van der Waals surface area contributed by atoms with Crippen molar-refractivity contribution in [1.82, 2.24) is 10.6 Å². The molecule has 9 nitrogen and oxygen atoms in total. The summed E-state index contributed by atoms with van der Waals surface area (Å²) in [6.45, 7) is 0.441. The lowest BCUT2D eigenvalue weighted by Crippen LogP contribution is -2.52. The minimum Gasteiger partial charge on any atom is -0.508 e. The second-order valence-electron chi connectivity index (χ2n) is 7.42. The molecule has 0 heterocycles. The average molecular weight is 481 g/mol. The van der Waals surface area contributed by atoms with Gasteiger partial charge < -0.3 is 32.7 Å². The fraction of sp³-hybridized carbons (Fsp3) is 0.348. The van der Waals surface area contributed by atoms with Crippen molar-refractivity contribution < 1.29 is 25.0 Å². The second-order valence-corrected chi connectivity index (χ2v) is 7.42. The molecule has 0 saturated carbocycles. The minimum atomic E-state index is -0.900. The van der Waals surface area contributed by atoms with E-state index in [0.717, 1.165) is 18.4 Å². The van der Waals surface area contributed by atoms with Crippen molar-refractivity contribution in [2.24, 2.45) is 11.5 Å². The number of primary amides is 1. The third-order valence-electron chi connectivity index (χ3n) is 4.83. The van der Waals surface area contributed by atoms with Gasteiger partial charge in [0.2, 0.25) is 17.7 Å². The molecule has 0 unspecified atom stereocenters. The molecule has 0 spiro atoms. The Morgan fingerprint density at radius 3 is 2.18 bits per heavy atom. The predicted octanol–water partition coefficient (Wildman–Crippen LogP) is 0.358. The van der Waals surface area contributed by atoms with Crippen LogP contribution in [-0.4, -0.2) is 46.9 Å². The number of carbonyl (C=O) groups excluding carboxylic acids is 3. The zero-order chi connectivity index (χ0) is 22.6. The number of hydrogen-bond donors (Lipinski definition) is 5. The summed E-state index contributed by atoms with van der Waals surface area (Å²) in [5.41, 5.74) is 13.1. The van der Waals surface area contributed by atoms with Crippen LogP contribution in [-0.2, 0) is 27.2 Å². The molecule has 2 rings (SSSR count). The molecular formula is C23H33ClN4O5. The maximum absolute atomic E-state index is 12.6. The van der Waals surface area contributed by atoms with E-state index in [9.17, 15) is 19.5 Å². The number of nitrogens with two attached hydrogens (primary N) is 2. The molecule has 0 bridgehead atoms. The quantitative estimate of drug-likeness (QED) is 0.274. The molecule has 0 aliphatic rings. The Bertz CT molecular complexity index is 865. The Morgan fingerprint density at radius 2 is 1.58 bits per heavy atom. The fourth-order valence-electron chi connectivity index (χ4n) is 3.08. The molecule has 0 aromatic heterocycles. The molecule has 0 aliphatic heterocycles. The molecule has 0 radical (unpaired) electrons. The van der Waals surface area contributed by atoms with E-state index in [-0.39, 0.29) is 48.8 Å². The fourth-order valence-corrected chi connectivity index (χ4v) is 3.08. The van der Waals surface area contributed by atoms with Crippen molar-refractivity contribution in [2.75, 3.05) is 6.54 Å². The van der Waals surface area contributed by atoms with Gasteiger partial charge >= 0.3 is 0 Å². The van der Waals surface area contributed by atoms with Gasteiger partial charge in [0.05, 0.1) is 6.04 Å². The lowest BCUT2D eigenvalue weighted by Gasteiger charge is -2.20. The number of carbonyl (C=O) groups is 3. The van der Waals surface area contributed by atoms with Gasteiger partial charge in [-0.05, 0) is 48.9 Å². The summed E-state index contributed by atoms with van der Waals surface area (Å²) in [4.78, 5) is 36.2. The van der Waals surface area contributed by atoms with Gasteiger partial charge in [0.1, 0.15) is 11.8 Å². The van der Waals surface area contributed by atoms with Gasteiger partial charge in [-0.3, -0.25) is 14.4 Å². The number of aryl methyl sites for hydroxylation is 1. The van der Waals surface area contributed by atoms with Crippen LogP contribution < -0.4 is 22.1 Å². The molecular weight excluding hydrogens is 448 g/mol. The third kappa shape index (κ3) is 11.3. The van der Waals surface area contributed by atoms with Crippen LogP contribution in [0.5, 0.6) is 5.75 Å². The third-order valence-corrected chi connectivity index (χ3v) is 4.83. The van der Waals surface area contributed by atoms with E-state index in [2.05, 4.69) is 10.6 Å². The van der Waals surface area contributed by atoms with Gasteiger partial charge in [-0.15, -0.1) is 12.4 Å². The van der Waals surface area contributed by atoms with E-state index in [1.54, 1.807) is 12.1 Å². The first-order valence-electron chi connectivity index (χ1n) is 10.3. The largest absolute Gasteiger partial charge is 0.508 e. The number of phenolic OH excluding ortho intramolecular Hbond substituents is 1. The molecule has 182 valence electrons. The summed E-state index contributed by atoms with van der Waals surface area (Å²) in [5, 5.41) is 14.8. The van der Waals surface area contributed by atoms with E-state index < -0.39 is 23.9 Å². The molecule has 10 heteroatoms. The Labute approximate surface area is 199 Å². The van der Waals surface area contributed by atoms with Crippen LogP contribution in [0.1, 0.15) is 30.4 Å². The second kappa shape index (κ2) is 15.6. The van der Waals surface area contributed by atoms with E-state index in [1.807, 2.05) is 30.3 Å². The highest BCUT2D eigenvalue weighted by molar-refractivity contribution is 5.90. The summed E-state index contributed by atoms with van der Waals surface area (Å²) in [5.74, 6) is -1.30. The van der Waals surface area contributed by atoms with Crippen LogP contribution in [0.2, 0.25) is 0 Å². The number of nitrogens with one attached hydrogen (secondary N) is 2. The highest BCUT2D eigenvalue weighted by Gasteiger charge is 2.24. The Kier molecular flexibility index (Phi) is 14.1. The molecule has 2 aromatic carbocycles. The van der Waals surface area contributed by atoms with Crippen molar-refractivity contribution in [3.63, 3.8) is 0 Å². The van der Waals surface area contributed by atoms with Crippen LogP contribution in [0.15, 0.2) is 54.6 Å². The first-order chi connectivity index (χ1) is 14.8. The predicted molar refractivity (Wildman–Crippen MR) is 129 cm³/mol.